The van der Waals surface area contributed by atoms with Gasteiger partial charge in [-0.15, -0.1) is 0 Å². The van der Waals surface area contributed by atoms with E-state index >= 15 is 0 Å². The van der Waals surface area contributed by atoms with E-state index in [0.717, 1.165) is 12.8 Å². The van der Waals surface area contributed by atoms with Crippen LogP contribution < -0.4 is 5.32 Å². The first-order valence-corrected chi connectivity index (χ1v) is 8.79. The molecule has 0 atom stereocenters. The molecule has 0 heterocycles. The number of nitrogens with one attached hydrogen (secondary N) is 1. The molecule has 21 heavy (non-hydrogen) atoms. The maximum atomic E-state index is 11.7. The Morgan fingerprint density at radius 2 is 2.05 bits per heavy atom. The number of benzene rings is 1. The fraction of sp³-hybridized carbons (Fsp3) is 0.467. The molecule has 1 aromatic rings. The molecule has 114 valence electrons. The first-order chi connectivity index (χ1) is 9.96. The second kappa shape index (κ2) is 8.42. The topological polar surface area (TPSA) is 87.0 Å². The summed E-state index contributed by atoms with van der Waals surface area (Å²) < 4.78 is 23.5. The van der Waals surface area contributed by atoms with E-state index in [4.69, 9.17) is 5.26 Å². The van der Waals surface area contributed by atoms with E-state index < -0.39 is 9.84 Å². The van der Waals surface area contributed by atoms with Crippen LogP contribution in [-0.2, 0) is 14.6 Å². The molecule has 0 spiro atoms. The number of anilines is 1. The lowest BCUT2D eigenvalue weighted by atomic mass is 10.2. The Hall–Kier alpha value is -1.87. The minimum Gasteiger partial charge on any atom is -0.326 e. The van der Waals surface area contributed by atoms with Crippen molar-refractivity contribution in [2.24, 2.45) is 0 Å². The predicted octanol–water partition coefficient (Wildman–Crippen LogP) is 2.49. The van der Waals surface area contributed by atoms with Gasteiger partial charge in [-0.25, -0.2) is 8.42 Å². The quantitative estimate of drug-likeness (QED) is 0.747. The van der Waals surface area contributed by atoms with Gasteiger partial charge in [0, 0.05) is 12.1 Å². The summed E-state index contributed by atoms with van der Waals surface area (Å²) >= 11 is 0. The van der Waals surface area contributed by atoms with E-state index in [1.807, 2.05) is 13.0 Å². The fourth-order valence-electron chi connectivity index (χ4n) is 1.81. The average molecular weight is 308 g/mol. The Morgan fingerprint density at radius 3 is 2.71 bits per heavy atom. The van der Waals surface area contributed by atoms with Gasteiger partial charge in [0.25, 0.3) is 0 Å². The first-order valence-electron chi connectivity index (χ1n) is 6.97. The van der Waals surface area contributed by atoms with Crippen LogP contribution in [0.5, 0.6) is 0 Å². The van der Waals surface area contributed by atoms with E-state index in [9.17, 15) is 13.2 Å². The van der Waals surface area contributed by atoms with Gasteiger partial charge in [-0.2, -0.15) is 5.26 Å². The third kappa shape index (κ3) is 6.91. The van der Waals surface area contributed by atoms with Crippen LogP contribution in [0.3, 0.4) is 0 Å². The molecular formula is C15H20N2O3S. The zero-order valence-electron chi connectivity index (χ0n) is 12.1. The van der Waals surface area contributed by atoms with E-state index in [-0.39, 0.29) is 23.8 Å². The average Bonchev–Trinajstić information content (AvgIpc) is 2.46. The minimum atomic E-state index is -3.17. The van der Waals surface area contributed by atoms with Crippen molar-refractivity contribution < 1.29 is 13.2 Å². The number of hydrogen-bond acceptors (Lipinski definition) is 4. The van der Waals surface area contributed by atoms with Crippen molar-refractivity contribution in [1.29, 1.82) is 5.26 Å². The number of unbranched alkanes of at least 4 members (excludes halogenated alkanes) is 2. The zero-order chi connectivity index (χ0) is 15.7. The smallest absolute Gasteiger partial charge is 0.225 e. The molecule has 1 amide bonds. The Kier molecular flexibility index (Phi) is 6.89. The lowest BCUT2D eigenvalue weighted by molar-refractivity contribution is -0.115. The summed E-state index contributed by atoms with van der Waals surface area (Å²) in [5.74, 6) is -0.359. The monoisotopic (exact) mass is 308 g/mol. The summed E-state index contributed by atoms with van der Waals surface area (Å²) in [6.45, 7) is 2.01. The van der Waals surface area contributed by atoms with Crippen molar-refractivity contribution in [3.05, 3.63) is 29.8 Å². The maximum Gasteiger partial charge on any atom is 0.225 e. The van der Waals surface area contributed by atoms with Crippen LogP contribution in [0.4, 0.5) is 5.69 Å². The third-order valence-electron chi connectivity index (χ3n) is 2.97. The van der Waals surface area contributed by atoms with Gasteiger partial charge in [0.2, 0.25) is 5.91 Å². The number of carbonyl (C=O) groups excluding carboxylic acids is 1. The standard InChI is InChI=1S/C15H20N2O3S/c1-2-3-4-9-21(19,20)10-8-15(18)17-14-7-5-6-13(11-14)12-16/h5-7,11H,2-4,8-10H2,1H3,(H,17,18). The third-order valence-corrected chi connectivity index (χ3v) is 4.71. The van der Waals surface area contributed by atoms with Crippen molar-refractivity contribution in [2.75, 3.05) is 16.8 Å². The van der Waals surface area contributed by atoms with Gasteiger partial charge >= 0.3 is 0 Å². The summed E-state index contributed by atoms with van der Waals surface area (Å²) in [6.07, 6.45) is 2.42. The van der Waals surface area contributed by atoms with Crippen molar-refractivity contribution in [2.45, 2.75) is 32.6 Å². The normalized spacial score (nSPS) is 10.9. The van der Waals surface area contributed by atoms with Crippen LogP contribution >= 0.6 is 0 Å². The second-order valence-corrected chi connectivity index (χ2v) is 7.15. The molecule has 0 radical (unpaired) electrons. The van der Waals surface area contributed by atoms with Crippen LogP contribution in [0.15, 0.2) is 24.3 Å². The molecule has 0 unspecified atom stereocenters. The lowest BCUT2D eigenvalue weighted by Gasteiger charge is -2.06. The van der Waals surface area contributed by atoms with Crippen molar-refractivity contribution in [3.8, 4) is 6.07 Å². The van der Waals surface area contributed by atoms with Crippen LogP contribution in [-0.4, -0.2) is 25.8 Å². The lowest BCUT2D eigenvalue weighted by Crippen LogP contribution is -2.19. The predicted molar refractivity (Wildman–Crippen MR) is 82.6 cm³/mol. The van der Waals surface area contributed by atoms with E-state index in [1.54, 1.807) is 24.3 Å². The molecule has 5 nitrogen and oxygen atoms in total. The molecule has 0 saturated carbocycles. The molecule has 1 rings (SSSR count). The zero-order valence-corrected chi connectivity index (χ0v) is 12.9. The molecule has 6 heteroatoms. The number of rotatable bonds is 8. The number of amides is 1. The highest BCUT2D eigenvalue weighted by Gasteiger charge is 2.13. The summed E-state index contributed by atoms with van der Waals surface area (Å²) in [5.41, 5.74) is 0.947. The van der Waals surface area contributed by atoms with E-state index in [1.165, 1.54) is 0 Å². The molecule has 0 saturated heterocycles. The highest BCUT2D eigenvalue weighted by molar-refractivity contribution is 7.91. The van der Waals surface area contributed by atoms with Crippen molar-refractivity contribution in [1.82, 2.24) is 0 Å². The summed E-state index contributed by atoms with van der Waals surface area (Å²) in [6, 6.07) is 8.48. The Bertz CT molecular complexity index is 618. The summed E-state index contributed by atoms with van der Waals surface area (Å²) in [4.78, 5) is 11.7. The van der Waals surface area contributed by atoms with Crippen LogP contribution in [0.2, 0.25) is 0 Å². The molecule has 0 aromatic heterocycles. The van der Waals surface area contributed by atoms with Gasteiger partial charge in [-0.3, -0.25) is 4.79 Å². The van der Waals surface area contributed by atoms with Gasteiger partial charge in [-0.05, 0) is 24.6 Å². The molecule has 0 fully saturated rings. The fourth-order valence-corrected chi connectivity index (χ4v) is 3.16. The summed E-state index contributed by atoms with van der Waals surface area (Å²) in [5, 5.41) is 11.4. The number of carbonyl (C=O) groups is 1. The molecule has 0 aliphatic heterocycles. The molecule has 0 bridgehead atoms. The first kappa shape index (κ1) is 17.2. The van der Waals surface area contributed by atoms with Crippen molar-refractivity contribution >= 4 is 21.4 Å². The number of hydrogen-bond donors (Lipinski definition) is 1. The van der Waals surface area contributed by atoms with E-state index in [2.05, 4.69) is 5.32 Å². The van der Waals surface area contributed by atoms with Gasteiger partial charge in [0.1, 0.15) is 0 Å². The van der Waals surface area contributed by atoms with Crippen LogP contribution in [0.1, 0.15) is 38.2 Å². The Labute approximate surface area is 125 Å². The molecule has 1 aromatic carbocycles. The highest BCUT2D eigenvalue weighted by Crippen LogP contribution is 2.10. The molecule has 1 N–H and O–H groups in total. The summed E-state index contributed by atoms with van der Waals surface area (Å²) in [7, 11) is -3.17. The van der Waals surface area contributed by atoms with Crippen LogP contribution in [0.25, 0.3) is 0 Å². The number of sulfone groups is 1. The Balaban J connectivity index is 2.45. The second-order valence-electron chi connectivity index (χ2n) is 4.85. The molecule has 0 aliphatic carbocycles. The number of nitriles is 1. The van der Waals surface area contributed by atoms with E-state index in [0.29, 0.717) is 17.7 Å². The number of nitrogens with zero attached hydrogens (tertiary/aromatic N) is 1. The van der Waals surface area contributed by atoms with Crippen molar-refractivity contribution in [3.63, 3.8) is 0 Å². The Morgan fingerprint density at radius 1 is 1.29 bits per heavy atom. The maximum absolute atomic E-state index is 11.7. The highest BCUT2D eigenvalue weighted by atomic mass is 32.2. The van der Waals surface area contributed by atoms with Gasteiger partial charge in [0.05, 0.1) is 23.1 Å². The van der Waals surface area contributed by atoms with Crippen LogP contribution in [0, 0.1) is 11.3 Å². The molecule has 0 aliphatic rings. The van der Waals surface area contributed by atoms with Gasteiger partial charge in [-0.1, -0.05) is 25.8 Å². The molecular weight excluding hydrogens is 288 g/mol. The van der Waals surface area contributed by atoms with Gasteiger partial charge < -0.3 is 5.32 Å². The largest absolute Gasteiger partial charge is 0.326 e. The van der Waals surface area contributed by atoms with Gasteiger partial charge in [0.15, 0.2) is 9.84 Å². The SMILES string of the molecule is CCCCCS(=O)(=O)CCC(=O)Nc1cccc(C#N)c1. The minimum absolute atomic E-state index is 0.0642.